The van der Waals surface area contributed by atoms with E-state index >= 15 is 0 Å². The Morgan fingerprint density at radius 3 is 2.25 bits per heavy atom. The number of fused-ring (bicyclic) bond motifs is 1. The van der Waals surface area contributed by atoms with E-state index in [-0.39, 0.29) is 29.2 Å². The van der Waals surface area contributed by atoms with Gasteiger partial charge < -0.3 is 10.4 Å². The number of carbonyl (C=O) groups is 3. The molecule has 2 N–H and O–H groups in total. The Kier molecular flexibility index (Phi) is 4.24. The molecule has 1 aliphatic rings. The minimum atomic E-state index is -1.08. The summed E-state index contributed by atoms with van der Waals surface area (Å²) in [5, 5.41) is 12.1. The predicted octanol–water partition coefficient (Wildman–Crippen LogP) is 2.24. The van der Waals surface area contributed by atoms with Crippen molar-refractivity contribution in [3.8, 4) is 0 Å². The zero-order valence-electron chi connectivity index (χ0n) is 12.7. The minimum Gasteiger partial charge on any atom is -0.480 e. The number of Topliss-reactive ketones (excluding diaryl/α,β-unsaturated/α-hetero) is 1. The second kappa shape index (κ2) is 6.50. The molecule has 5 nitrogen and oxygen atoms in total. The largest absolute Gasteiger partial charge is 0.480 e. The SMILES string of the molecule is O=C1C=C(N[C@H](Cc2ccccc2)C(=O)O)C(=O)c2ccccc21. The maximum Gasteiger partial charge on any atom is 0.326 e. The molecule has 0 fully saturated rings. The number of hydrogen-bond acceptors (Lipinski definition) is 4. The molecule has 0 unspecified atom stereocenters. The van der Waals surface area contributed by atoms with E-state index in [2.05, 4.69) is 5.32 Å². The van der Waals surface area contributed by atoms with Crippen molar-refractivity contribution in [1.29, 1.82) is 0 Å². The van der Waals surface area contributed by atoms with E-state index in [4.69, 9.17) is 0 Å². The molecule has 0 saturated heterocycles. The van der Waals surface area contributed by atoms with Gasteiger partial charge in [-0.2, -0.15) is 0 Å². The van der Waals surface area contributed by atoms with Crippen molar-refractivity contribution in [3.63, 3.8) is 0 Å². The topological polar surface area (TPSA) is 83.5 Å². The number of aliphatic carboxylic acids is 1. The molecule has 0 saturated carbocycles. The van der Waals surface area contributed by atoms with Crippen LogP contribution in [0, 0.1) is 0 Å². The van der Waals surface area contributed by atoms with E-state index in [0.717, 1.165) is 5.56 Å². The van der Waals surface area contributed by atoms with Gasteiger partial charge in [0.05, 0.1) is 5.70 Å². The predicted molar refractivity (Wildman–Crippen MR) is 87.9 cm³/mol. The highest BCUT2D eigenvalue weighted by Gasteiger charge is 2.28. The Balaban J connectivity index is 1.84. The van der Waals surface area contributed by atoms with Crippen molar-refractivity contribution in [2.75, 3.05) is 0 Å². The Hall–Kier alpha value is -3.21. The molecule has 0 spiro atoms. The number of benzene rings is 2. The van der Waals surface area contributed by atoms with Crippen LogP contribution in [0.15, 0.2) is 66.4 Å². The third-order valence-electron chi connectivity index (χ3n) is 3.87. The third-order valence-corrected chi connectivity index (χ3v) is 3.87. The molecule has 3 rings (SSSR count). The molecule has 5 heteroatoms. The summed E-state index contributed by atoms with van der Waals surface area (Å²) in [6.45, 7) is 0. The number of ketones is 2. The second-order valence-corrected chi connectivity index (χ2v) is 5.52. The quantitative estimate of drug-likeness (QED) is 0.882. The zero-order valence-corrected chi connectivity index (χ0v) is 12.7. The molecule has 2 aromatic rings. The van der Waals surface area contributed by atoms with Crippen LogP contribution in [0.25, 0.3) is 0 Å². The molecule has 0 amide bonds. The van der Waals surface area contributed by atoms with E-state index in [1.54, 1.807) is 24.3 Å². The Bertz CT molecular complexity index is 839. The van der Waals surface area contributed by atoms with Gasteiger partial charge in [-0.3, -0.25) is 9.59 Å². The fourth-order valence-electron chi connectivity index (χ4n) is 2.66. The summed E-state index contributed by atoms with van der Waals surface area (Å²) in [6.07, 6.45) is 1.38. The first-order valence-electron chi connectivity index (χ1n) is 7.49. The first kappa shape index (κ1) is 15.7. The summed E-state index contributed by atoms with van der Waals surface area (Å²) < 4.78 is 0. The fourth-order valence-corrected chi connectivity index (χ4v) is 2.66. The number of carbonyl (C=O) groups excluding carboxylic acids is 2. The highest BCUT2D eigenvalue weighted by atomic mass is 16.4. The minimum absolute atomic E-state index is 0.0158. The summed E-state index contributed by atoms with van der Waals surface area (Å²) in [6, 6.07) is 14.6. The fraction of sp³-hybridized carbons (Fsp3) is 0.105. The van der Waals surface area contributed by atoms with Gasteiger partial charge in [-0.25, -0.2) is 4.79 Å². The summed E-state index contributed by atoms with van der Waals surface area (Å²) in [5.74, 6) is -1.76. The Morgan fingerprint density at radius 2 is 1.58 bits per heavy atom. The maximum atomic E-state index is 12.5. The Labute approximate surface area is 138 Å². The number of carboxylic acid groups (broad SMARTS) is 1. The van der Waals surface area contributed by atoms with E-state index in [0.29, 0.717) is 5.56 Å². The Morgan fingerprint density at radius 1 is 0.958 bits per heavy atom. The van der Waals surface area contributed by atoms with Gasteiger partial charge in [0.2, 0.25) is 5.78 Å². The summed E-state index contributed by atoms with van der Waals surface area (Å²) >= 11 is 0. The van der Waals surface area contributed by atoms with Gasteiger partial charge >= 0.3 is 5.97 Å². The molecular weight excluding hydrogens is 306 g/mol. The van der Waals surface area contributed by atoms with Crippen LogP contribution in [0.1, 0.15) is 26.3 Å². The van der Waals surface area contributed by atoms with Crippen molar-refractivity contribution >= 4 is 17.5 Å². The number of allylic oxidation sites excluding steroid dienone is 2. The smallest absolute Gasteiger partial charge is 0.326 e. The van der Waals surface area contributed by atoms with Crippen molar-refractivity contribution < 1.29 is 19.5 Å². The van der Waals surface area contributed by atoms with Crippen molar-refractivity contribution in [3.05, 3.63) is 83.1 Å². The first-order chi connectivity index (χ1) is 11.6. The molecule has 2 aromatic carbocycles. The molecule has 0 radical (unpaired) electrons. The summed E-state index contributed by atoms with van der Waals surface area (Å²) in [5.41, 5.74) is 1.47. The van der Waals surface area contributed by atoms with Gasteiger partial charge in [0.25, 0.3) is 0 Å². The van der Waals surface area contributed by atoms with Crippen LogP contribution >= 0.6 is 0 Å². The number of rotatable bonds is 5. The third kappa shape index (κ3) is 3.10. The van der Waals surface area contributed by atoms with Gasteiger partial charge in [0.15, 0.2) is 5.78 Å². The normalized spacial score (nSPS) is 14.6. The van der Waals surface area contributed by atoms with Crippen LogP contribution in [0.3, 0.4) is 0 Å². The average molecular weight is 321 g/mol. The molecule has 0 aromatic heterocycles. The molecule has 0 heterocycles. The molecule has 120 valence electrons. The van der Waals surface area contributed by atoms with E-state index in [1.165, 1.54) is 6.08 Å². The van der Waals surface area contributed by atoms with Crippen LogP contribution in [-0.2, 0) is 11.2 Å². The molecular formula is C19H15NO4. The van der Waals surface area contributed by atoms with Crippen molar-refractivity contribution in [2.45, 2.75) is 12.5 Å². The first-order valence-corrected chi connectivity index (χ1v) is 7.49. The van der Waals surface area contributed by atoms with Gasteiger partial charge in [-0.05, 0) is 5.56 Å². The summed E-state index contributed by atoms with van der Waals surface area (Å²) in [7, 11) is 0. The summed E-state index contributed by atoms with van der Waals surface area (Å²) in [4.78, 5) is 36.2. The lowest BCUT2D eigenvalue weighted by atomic mass is 9.92. The van der Waals surface area contributed by atoms with E-state index in [9.17, 15) is 19.5 Å². The lowest BCUT2D eigenvalue weighted by Gasteiger charge is -2.21. The monoisotopic (exact) mass is 321 g/mol. The molecule has 0 aliphatic heterocycles. The highest BCUT2D eigenvalue weighted by Crippen LogP contribution is 2.20. The lowest BCUT2D eigenvalue weighted by Crippen LogP contribution is -2.41. The zero-order chi connectivity index (χ0) is 17.1. The number of nitrogens with one attached hydrogen (secondary N) is 1. The van der Waals surface area contributed by atoms with Gasteiger partial charge in [0, 0.05) is 23.6 Å². The molecule has 1 atom stereocenters. The maximum absolute atomic E-state index is 12.5. The van der Waals surface area contributed by atoms with Crippen LogP contribution in [0.4, 0.5) is 0 Å². The molecule has 0 bridgehead atoms. The standard InChI is InChI=1S/C19H15NO4/c21-17-11-15(18(22)14-9-5-4-8-13(14)17)20-16(19(23)24)10-12-6-2-1-3-7-12/h1-9,11,16,20H,10H2,(H,23,24)/t16-/m1/s1. The van der Waals surface area contributed by atoms with Crippen LogP contribution < -0.4 is 5.32 Å². The average Bonchev–Trinajstić information content (AvgIpc) is 2.59. The van der Waals surface area contributed by atoms with Crippen LogP contribution in [-0.4, -0.2) is 28.7 Å². The number of carboxylic acids is 1. The van der Waals surface area contributed by atoms with Crippen LogP contribution in [0.2, 0.25) is 0 Å². The van der Waals surface area contributed by atoms with E-state index in [1.807, 2.05) is 30.3 Å². The van der Waals surface area contributed by atoms with Crippen molar-refractivity contribution in [2.24, 2.45) is 0 Å². The van der Waals surface area contributed by atoms with Gasteiger partial charge in [-0.15, -0.1) is 0 Å². The van der Waals surface area contributed by atoms with Gasteiger partial charge in [-0.1, -0.05) is 54.6 Å². The van der Waals surface area contributed by atoms with Gasteiger partial charge in [0.1, 0.15) is 6.04 Å². The van der Waals surface area contributed by atoms with E-state index < -0.39 is 12.0 Å². The molecule has 1 aliphatic carbocycles. The molecule has 24 heavy (non-hydrogen) atoms. The lowest BCUT2D eigenvalue weighted by molar-refractivity contribution is -0.139. The number of hydrogen-bond donors (Lipinski definition) is 2. The highest BCUT2D eigenvalue weighted by molar-refractivity contribution is 6.24. The second-order valence-electron chi connectivity index (χ2n) is 5.52. The van der Waals surface area contributed by atoms with Crippen molar-refractivity contribution in [1.82, 2.24) is 5.32 Å². The van der Waals surface area contributed by atoms with Crippen LogP contribution in [0.5, 0.6) is 0 Å².